The second-order valence-corrected chi connectivity index (χ2v) is 8.51. The normalized spacial score (nSPS) is 18.3. The van der Waals surface area contributed by atoms with Crippen molar-refractivity contribution in [2.24, 2.45) is 0 Å². The molecule has 0 N–H and O–H groups in total. The zero-order valence-corrected chi connectivity index (χ0v) is 18.0. The summed E-state index contributed by atoms with van der Waals surface area (Å²) in [5, 5.41) is -0.417. The van der Waals surface area contributed by atoms with Crippen LogP contribution in [-0.2, 0) is 9.59 Å². The summed E-state index contributed by atoms with van der Waals surface area (Å²) in [7, 11) is 0. The Kier molecular flexibility index (Phi) is 6.29. The molecule has 0 bridgehead atoms. The van der Waals surface area contributed by atoms with Gasteiger partial charge < -0.3 is 9.80 Å². The van der Waals surface area contributed by atoms with E-state index in [-0.39, 0.29) is 27.9 Å². The first-order chi connectivity index (χ1) is 14.9. The number of nitrogens with zero attached hydrogens (tertiary/aromatic N) is 3. The Morgan fingerprint density at radius 1 is 1.03 bits per heavy atom. The number of carbonyl (C=O) groups excluding carboxylic acids is 3. The standard InChI is InChI=1S/C22H19ClFN3O3S/c23-17-7-4-8-18(24)16(17)13-19-21(29)27(22(30)31-19)14-20(28)26-11-9-25(10-12-26)15-5-2-1-3-6-15/h1-8,13H,9-12,14H2/b19-13+. The van der Waals surface area contributed by atoms with Gasteiger partial charge in [-0.05, 0) is 42.1 Å². The SMILES string of the molecule is O=C(CN1C(=O)S/C(=C/c2c(F)cccc2Cl)C1=O)N1CCN(c2ccccc2)CC1. The first-order valence-corrected chi connectivity index (χ1v) is 10.9. The highest BCUT2D eigenvalue weighted by atomic mass is 35.5. The predicted molar refractivity (Wildman–Crippen MR) is 119 cm³/mol. The van der Waals surface area contributed by atoms with Gasteiger partial charge in [-0.1, -0.05) is 35.9 Å². The lowest BCUT2D eigenvalue weighted by Gasteiger charge is -2.36. The molecule has 2 heterocycles. The topological polar surface area (TPSA) is 60.9 Å². The highest BCUT2D eigenvalue weighted by molar-refractivity contribution is 8.18. The number of anilines is 1. The molecule has 0 radical (unpaired) electrons. The monoisotopic (exact) mass is 459 g/mol. The van der Waals surface area contributed by atoms with Crippen LogP contribution < -0.4 is 4.90 Å². The van der Waals surface area contributed by atoms with Crippen molar-refractivity contribution in [3.8, 4) is 0 Å². The summed E-state index contributed by atoms with van der Waals surface area (Å²) in [4.78, 5) is 42.5. The first-order valence-electron chi connectivity index (χ1n) is 9.71. The summed E-state index contributed by atoms with van der Waals surface area (Å²) in [6.07, 6.45) is 1.26. The molecule has 9 heteroatoms. The van der Waals surface area contributed by atoms with E-state index < -0.39 is 17.0 Å². The van der Waals surface area contributed by atoms with Crippen molar-refractivity contribution in [1.29, 1.82) is 0 Å². The van der Waals surface area contributed by atoms with Gasteiger partial charge >= 0.3 is 0 Å². The fraction of sp³-hybridized carbons (Fsp3) is 0.227. The van der Waals surface area contributed by atoms with E-state index in [4.69, 9.17) is 11.6 Å². The minimum atomic E-state index is -0.620. The fourth-order valence-electron chi connectivity index (χ4n) is 3.50. The molecule has 0 aromatic heterocycles. The lowest BCUT2D eigenvalue weighted by atomic mass is 10.2. The lowest BCUT2D eigenvalue weighted by molar-refractivity contribution is -0.136. The van der Waals surface area contributed by atoms with Gasteiger partial charge in [0.2, 0.25) is 5.91 Å². The Bertz CT molecular complexity index is 1030. The molecule has 2 saturated heterocycles. The highest BCUT2D eigenvalue weighted by Crippen LogP contribution is 2.34. The number of piperazine rings is 1. The minimum absolute atomic E-state index is 0.0398. The molecule has 4 rings (SSSR count). The van der Waals surface area contributed by atoms with E-state index in [1.807, 2.05) is 30.3 Å². The van der Waals surface area contributed by atoms with E-state index in [1.165, 1.54) is 24.3 Å². The zero-order chi connectivity index (χ0) is 22.0. The zero-order valence-electron chi connectivity index (χ0n) is 16.5. The molecule has 2 aromatic rings. The molecule has 160 valence electrons. The van der Waals surface area contributed by atoms with E-state index in [0.717, 1.165) is 10.6 Å². The smallest absolute Gasteiger partial charge is 0.294 e. The summed E-state index contributed by atoms with van der Waals surface area (Å²) < 4.78 is 14.0. The van der Waals surface area contributed by atoms with Gasteiger partial charge in [0.15, 0.2) is 0 Å². The molecule has 0 spiro atoms. The third-order valence-corrected chi connectivity index (χ3v) is 6.43. The van der Waals surface area contributed by atoms with Crippen LogP contribution >= 0.6 is 23.4 Å². The number of halogens is 2. The summed E-state index contributed by atoms with van der Waals surface area (Å²) in [5.41, 5.74) is 1.13. The van der Waals surface area contributed by atoms with Gasteiger partial charge in [0.05, 0.1) is 9.93 Å². The van der Waals surface area contributed by atoms with Gasteiger partial charge in [-0.3, -0.25) is 19.3 Å². The van der Waals surface area contributed by atoms with Crippen LogP contribution in [0.1, 0.15) is 5.56 Å². The van der Waals surface area contributed by atoms with Crippen molar-refractivity contribution in [3.63, 3.8) is 0 Å². The van der Waals surface area contributed by atoms with E-state index in [2.05, 4.69) is 4.90 Å². The molecular formula is C22H19ClFN3O3S. The van der Waals surface area contributed by atoms with E-state index in [1.54, 1.807) is 4.90 Å². The van der Waals surface area contributed by atoms with Crippen molar-refractivity contribution in [1.82, 2.24) is 9.80 Å². The van der Waals surface area contributed by atoms with E-state index >= 15 is 0 Å². The second-order valence-electron chi connectivity index (χ2n) is 7.11. The average molecular weight is 460 g/mol. The maximum absolute atomic E-state index is 14.0. The summed E-state index contributed by atoms with van der Waals surface area (Å²) >= 11 is 6.68. The van der Waals surface area contributed by atoms with Gasteiger partial charge in [0.25, 0.3) is 11.1 Å². The Balaban J connectivity index is 1.39. The third kappa shape index (κ3) is 4.60. The number of hydrogen-bond acceptors (Lipinski definition) is 5. The van der Waals surface area contributed by atoms with Crippen molar-refractivity contribution >= 4 is 52.2 Å². The van der Waals surface area contributed by atoms with Crippen molar-refractivity contribution in [2.75, 3.05) is 37.6 Å². The number of rotatable bonds is 4. The molecule has 0 saturated carbocycles. The predicted octanol–water partition coefficient (Wildman–Crippen LogP) is 3.86. The number of carbonyl (C=O) groups is 3. The summed E-state index contributed by atoms with van der Waals surface area (Å²) in [6, 6.07) is 14.1. The maximum atomic E-state index is 14.0. The number of para-hydroxylation sites is 1. The van der Waals surface area contributed by atoms with Crippen molar-refractivity contribution in [2.45, 2.75) is 0 Å². The number of amides is 3. The summed E-state index contributed by atoms with van der Waals surface area (Å²) in [5.74, 6) is -1.50. The fourth-order valence-corrected chi connectivity index (χ4v) is 4.54. The quantitative estimate of drug-likeness (QED) is 0.650. The van der Waals surface area contributed by atoms with E-state index in [9.17, 15) is 18.8 Å². The van der Waals surface area contributed by atoms with Crippen LogP contribution in [-0.4, -0.2) is 59.6 Å². The molecule has 2 aromatic carbocycles. The second kappa shape index (κ2) is 9.11. The molecule has 3 amide bonds. The van der Waals surface area contributed by atoms with Gasteiger partial charge in [-0.25, -0.2) is 4.39 Å². The van der Waals surface area contributed by atoms with Gasteiger partial charge in [-0.2, -0.15) is 0 Å². The Morgan fingerprint density at radius 3 is 2.42 bits per heavy atom. The van der Waals surface area contributed by atoms with E-state index in [0.29, 0.717) is 37.9 Å². The van der Waals surface area contributed by atoms with Gasteiger partial charge in [0.1, 0.15) is 12.4 Å². The minimum Gasteiger partial charge on any atom is -0.368 e. The number of hydrogen-bond donors (Lipinski definition) is 0. The van der Waals surface area contributed by atoms with Crippen molar-refractivity contribution in [3.05, 3.63) is 69.8 Å². The largest absolute Gasteiger partial charge is 0.368 e. The number of thioether (sulfide) groups is 1. The number of imide groups is 1. The van der Waals surface area contributed by atoms with Gasteiger partial charge in [-0.15, -0.1) is 0 Å². The Labute approximate surface area is 188 Å². The molecule has 2 aliphatic heterocycles. The van der Waals surface area contributed by atoms with Crippen LogP contribution in [0.25, 0.3) is 6.08 Å². The Hall–Kier alpha value is -2.84. The maximum Gasteiger partial charge on any atom is 0.294 e. The molecular weight excluding hydrogens is 441 g/mol. The summed E-state index contributed by atoms with van der Waals surface area (Å²) in [6.45, 7) is 2.01. The van der Waals surface area contributed by atoms with Crippen LogP contribution in [0.15, 0.2) is 53.4 Å². The van der Waals surface area contributed by atoms with Crippen LogP contribution in [0.5, 0.6) is 0 Å². The molecule has 2 fully saturated rings. The van der Waals surface area contributed by atoms with Gasteiger partial charge in [0, 0.05) is 37.4 Å². The Morgan fingerprint density at radius 2 is 1.74 bits per heavy atom. The lowest BCUT2D eigenvalue weighted by Crippen LogP contribution is -2.51. The molecule has 31 heavy (non-hydrogen) atoms. The molecule has 2 aliphatic rings. The molecule has 0 atom stereocenters. The molecule has 0 aliphatic carbocycles. The van der Waals surface area contributed by atoms with Crippen LogP contribution in [0, 0.1) is 5.82 Å². The molecule has 0 unspecified atom stereocenters. The van der Waals surface area contributed by atoms with Crippen LogP contribution in [0.4, 0.5) is 14.9 Å². The van der Waals surface area contributed by atoms with Crippen LogP contribution in [0.2, 0.25) is 5.02 Å². The van der Waals surface area contributed by atoms with Crippen molar-refractivity contribution < 1.29 is 18.8 Å². The highest BCUT2D eigenvalue weighted by Gasteiger charge is 2.37. The average Bonchev–Trinajstić information content (AvgIpc) is 3.04. The number of benzene rings is 2. The molecule has 6 nitrogen and oxygen atoms in total. The third-order valence-electron chi connectivity index (χ3n) is 5.20. The first kappa shape index (κ1) is 21.4. The van der Waals surface area contributed by atoms with Crippen LogP contribution in [0.3, 0.4) is 0 Å².